The molecule has 1 aliphatic heterocycles. The summed E-state index contributed by atoms with van der Waals surface area (Å²) in [5.74, 6) is -1.12. The molecule has 4 nitrogen and oxygen atoms in total. The maximum absolute atomic E-state index is 12.8. The Morgan fingerprint density at radius 3 is 2.78 bits per heavy atom. The molecule has 98 valence electrons. The van der Waals surface area contributed by atoms with Crippen LogP contribution >= 0.6 is 0 Å². The predicted octanol–water partition coefficient (Wildman–Crippen LogP) is 1.67. The largest absolute Gasteiger partial charge is 0.480 e. The van der Waals surface area contributed by atoms with E-state index < -0.39 is 12.0 Å². The van der Waals surface area contributed by atoms with E-state index in [0.29, 0.717) is 19.7 Å². The number of carboxylic acid groups (broad SMARTS) is 1. The van der Waals surface area contributed by atoms with Crippen LogP contribution in [-0.4, -0.2) is 41.7 Å². The Labute approximate surface area is 105 Å². The number of benzene rings is 1. The van der Waals surface area contributed by atoms with Crippen molar-refractivity contribution in [1.29, 1.82) is 0 Å². The third-order valence-electron chi connectivity index (χ3n) is 3.24. The minimum Gasteiger partial charge on any atom is -0.480 e. The van der Waals surface area contributed by atoms with Gasteiger partial charge in [-0.05, 0) is 24.6 Å². The number of morpholine rings is 1. The summed E-state index contributed by atoms with van der Waals surface area (Å²) in [7, 11) is 0. The molecule has 0 saturated carbocycles. The lowest BCUT2D eigenvalue weighted by atomic mass is 10.1. The van der Waals surface area contributed by atoms with Gasteiger partial charge in [0, 0.05) is 13.1 Å². The summed E-state index contributed by atoms with van der Waals surface area (Å²) in [4.78, 5) is 12.8. The first-order valence-electron chi connectivity index (χ1n) is 5.92. The van der Waals surface area contributed by atoms with Crippen LogP contribution < -0.4 is 0 Å². The highest BCUT2D eigenvalue weighted by atomic mass is 19.1. The highest BCUT2D eigenvalue weighted by molar-refractivity contribution is 5.72. The molecular formula is C13H16FNO3. The van der Waals surface area contributed by atoms with Crippen LogP contribution in [0.3, 0.4) is 0 Å². The van der Waals surface area contributed by atoms with Crippen molar-refractivity contribution < 1.29 is 19.0 Å². The Hall–Kier alpha value is -1.46. The molecule has 1 heterocycles. The fraction of sp³-hybridized carbons (Fsp3) is 0.462. The van der Waals surface area contributed by atoms with E-state index in [2.05, 4.69) is 0 Å². The van der Waals surface area contributed by atoms with Gasteiger partial charge in [0.2, 0.25) is 0 Å². The summed E-state index contributed by atoms with van der Waals surface area (Å²) in [5.41, 5.74) is 0.874. The number of carboxylic acids is 1. The van der Waals surface area contributed by atoms with Gasteiger partial charge in [-0.15, -0.1) is 0 Å². The molecule has 18 heavy (non-hydrogen) atoms. The van der Waals surface area contributed by atoms with Crippen LogP contribution in [0.4, 0.5) is 4.39 Å². The Balaban J connectivity index is 2.06. The monoisotopic (exact) mass is 253 g/mol. The summed E-state index contributed by atoms with van der Waals surface area (Å²) in [6.07, 6.45) is -0.193. The summed E-state index contributed by atoms with van der Waals surface area (Å²) in [6, 6.07) is 5.59. The molecule has 1 aromatic rings. The highest BCUT2D eigenvalue weighted by Crippen LogP contribution is 2.23. The molecule has 1 N–H and O–H groups in total. The Morgan fingerprint density at radius 1 is 1.50 bits per heavy atom. The zero-order valence-corrected chi connectivity index (χ0v) is 10.2. The van der Waals surface area contributed by atoms with Gasteiger partial charge in [-0.3, -0.25) is 9.69 Å². The van der Waals surface area contributed by atoms with Gasteiger partial charge >= 0.3 is 5.97 Å². The van der Waals surface area contributed by atoms with Crippen molar-refractivity contribution in [3.63, 3.8) is 0 Å². The molecule has 2 rings (SSSR count). The second-order valence-corrected chi connectivity index (χ2v) is 4.42. The molecule has 0 amide bonds. The predicted molar refractivity (Wildman–Crippen MR) is 63.8 cm³/mol. The van der Waals surface area contributed by atoms with Gasteiger partial charge in [-0.2, -0.15) is 0 Å². The Morgan fingerprint density at radius 2 is 2.17 bits per heavy atom. The lowest BCUT2D eigenvalue weighted by molar-refractivity contribution is -0.145. The first-order chi connectivity index (χ1) is 8.58. The topological polar surface area (TPSA) is 49.8 Å². The second kappa shape index (κ2) is 5.46. The number of aliphatic carboxylic acids is 1. The van der Waals surface area contributed by atoms with Crippen molar-refractivity contribution in [3.8, 4) is 0 Å². The van der Waals surface area contributed by atoms with Gasteiger partial charge in [0.15, 0.2) is 0 Å². The lowest BCUT2D eigenvalue weighted by Crippen LogP contribution is -2.46. The number of ether oxygens (including phenoxy) is 1. The van der Waals surface area contributed by atoms with Crippen molar-refractivity contribution in [3.05, 3.63) is 35.6 Å². The number of rotatable bonds is 3. The molecule has 1 aromatic carbocycles. The van der Waals surface area contributed by atoms with E-state index in [1.165, 1.54) is 12.1 Å². The lowest BCUT2D eigenvalue weighted by Gasteiger charge is -2.35. The number of hydrogen-bond donors (Lipinski definition) is 1. The van der Waals surface area contributed by atoms with Gasteiger partial charge in [0.25, 0.3) is 0 Å². The number of nitrogens with zero attached hydrogens (tertiary/aromatic N) is 1. The van der Waals surface area contributed by atoms with E-state index in [1.54, 1.807) is 19.1 Å². The summed E-state index contributed by atoms with van der Waals surface area (Å²) < 4.78 is 18.4. The van der Waals surface area contributed by atoms with Crippen molar-refractivity contribution in [2.24, 2.45) is 0 Å². The number of hydrogen-bond acceptors (Lipinski definition) is 3. The van der Waals surface area contributed by atoms with Crippen LogP contribution in [0, 0.1) is 5.82 Å². The van der Waals surface area contributed by atoms with Crippen LogP contribution in [0.15, 0.2) is 24.3 Å². The Kier molecular flexibility index (Phi) is 3.93. The minimum atomic E-state index is -0.838. The van der Waals surface area contributed by atoms with Crippen molar-refractivity contribution in [2.75, 3.05) is 19.7 Å². The number of halogens is 1. The first-order valence-corrected chi connectivity index (χ1v) is 5.92. The molecule has 0 aromatic heterocycles. The second-order valence-electron chi connectivity index (χ2n) is 4.42. The average molecular weight is 253 g/mol. The molecule has 5 heteroatoms. The summed E-state index contributed by atoms with van der Waals surface area (Å²) >= 11 is 0. The standard InChI is InChI=1S/C13H16FNO3/c1-9(13(16)17)15-6-7-18-12(8-15)10-2-4-11(14)5-3-10/h2-5,9,12H,6-8H2,1H3,(H,16,17). The maximum atomic E-state index is 12.8. The average Bonchev–Trinajstić information content (AvgIpc) is 2.38. The smallest absolute Gasteiger partial charge is 0.320 e. The fourth-order valence-electron chi connectivity index (χ4n) is 2.06. The van der Waals surface area contributed by atoms with Crippen LogP contribution in [-0.2, 0) is 9.53 Å². The van der Waals surface area contributed by atoms with Crippen molar-refractivity contribution >= 4 is 5.97 Å². The quantitative estimate of drug-likeness (QED) is 0.890. The molecule has 2 atom stereocenters. The van der Waals surface area contributed by atoms with Crippen LogP contribution in [0.25, 0.3) is 0 Å². The van der Waals surface area contributed by atoms with Crippen molar-refractivity contribution in [2.45, 2.75) is 19.1 Å². The first kappa shape index (κ1) is 13.0. The van der Waals surface area contributed by atoms with Gasteiger partial charge in [-0.25, -0.2) is 4.39 Å². The highest BCUT2D eigenvalue weighted by Gasteiger charge is 2.28. The van der Waals surface area contributed by atoms with Crippen molar-refractivity contribution in [1.82, 2.24) is 4.90 Å². The third kappa shape index (κ3) is 2.86. The molecule has 0 aliphatic carbocycles. The summed E-state index contributed by atoms with van der Waals surface area (Å²) in [6.45, 7) is 3.26. The molecule has 0 spiro atoms. The van der Waals surface area contributed by atoms with Crippen LogP contribution in [0.2, 0.25) is 0 Å². The van der Waals surface area contributed by atoms with Gasteiger partial charge in [0.05, 0.1) is 12.7 Å². The van der Waals surface area contributed by atoms with E-state index in [9.17, 15) is 9.18 Å². The van der Waals surface area contributed by atoms with E-state index in [0.717, 1.165) is 5.56 Å². The van der Waals surface area contributed by atoms with E-state index in [-0.39, 0.29) is 11.9 Å². The zero-order chi connectivity index (χ0) is 13.1. The summed E-state index contributed by atoms with van der Waals surface area (Å²) in [5, 5.41) is 9.00. The Bertz CT molecular complexity index is 421. The molecule has 1 fully saturated rings. The molecule has 2 unspecified atom stereocenters. The zero-order valence-electron chi connectivity index (χ0n) is 10.2. The van der Waals surface area contributed by atoms with Gasteiger partial charge in [-0.1, -0.05) is 12.1 Å². The normalized spacial score (nSPS) is 22.7. The van der Waals surface area contributed by atoms with E-state index in [1.807, 2.05) is 4.90 Å². The van der Waals surface area contributed by atoms with E-state index >= 15 is 0 Å². The third-order valence-corrected chi connectivity index (χ3v) is 3.24. The molecule has 1 aliphatic rings. The number of carbonyl (C=O) groups is 1. The van der Waals surface area contributed by atoms with E-state index in [4.69, 9.17) is 9.84 Å². The molecule has 0 radical (unpaired) electrons. The minimum absolute atomic E-state index is 0.193. The van der Waals surface area contributed by atoms with Crippen LogP contribution in [0.1, 0.15) is 18.6 Å². The molecule has 1 saturated heterocycles. The molecular weight excluding hydrogens is 237 g/mol. The fourth-order valence-corrected chi connectivity index (χ4v) is 2.06. The van der Waals surface area contributed by atoms with Gasteiger partial charge < -0.3 is 9.84 Å². The van der Waals surface area contributed by atoms with Crippen LogP contribution in [0.5, 0.6) is 0 Å². The van der Waals surface area contributed by atoms with Gasteiger partial charge in [0.1, 0.15) is 11.9 Å². The molecule has 0 bridgehead atoms. The SMILES string of the molecule is CC(C(=O)O)N1CCOC(c2ccc(F)cc2)C1. The maximum Gasteiger partial charge on any atom is 0.320 e.